The predicted molar refractivity (Wildman–Crippen MR) is 70.1 cm³/mol. The van der Waals surface area contributed by atoms with Gasteiger partial charge >= 0.3 is 0 Å². The molecular weight excluding hydrogens is 233 g/mol. The van der Waals surface area contributed by atoms with E-state index in [4.69, 9.17) is 4.74 Å². The van der Waals surface area contributed by atoms with Crippen molar-refractivity contribution in [2.75, 3.05) is 33.4 Å². The van der Waals surface area contributed by atoms with Crippen LogP contribution >= 0.6 is 0 Å². The maximum Gasteiger partial charge on any atom is 0.123 e. The molecule has 0 bridgehead atoms. The van der Waals surface area contributed by atoms with Gasteiger partial charge in [0.05, 0.1) is 12.7 Å². The third kappa shape index (κ3) is 4.72. The molecule has 0 aliphatic carbocycles. The van der Waals surface area contributed by atoms with Gasteiger partial charge in [0.2, 0.25) is 0 Å². The number of hydrogen-bond donors (Lipinski definition) is 1. The predicted octanol–water partition coefficient (Wildman–Crippen LogP) is 2.14. The fourth-order valence-corrected chi connectivity index (χ4v) is 1.86. The summed E-state index contributed by atoms with van der Waals surface area (Å²) in [4.78, 5) is 2.00. The van der Waals surface area contributed by atoms with Gasteiger partial charge in [0.1, 0.15) is 5.82 Å². The number of nitrogens with zero attached hydrogens (tertiary/aromatic N) is 1. The molecule has 0 spiro atoms. The fraction of sp³-hybridized carbons (Fsp3) is 0.571. The van der Waals surface area contributed by atoms with Crippen LogP contribution in [0.2, 0.25) is 0 Å². The number of aliphatic hydroxyl groups is 1. The second kappa shape index (κ2) is 7.46. The lowest BCUT2D eigenvalue weighted by Gasteiger charge is -2.21. The van der Waals surface area contributed by atoms with Crippen molar-refractivity contribution in [3.8, 4) is 0 Å². The largest absolute Gasteiger partial charge is 0.387 e. The van der Waals surface area contributed by atoms with Gasteiger partial charge in [-0.1, -0.05) is 6.07 Å². The maximum absolute atomic E-state index is 13.0. The highest BCUT2D eigenvalue weighted by atomic mass is 19.1. The standard InChI is InChI=1S/C14H22FNO2/c1-4-18-8-7-16(3)10-14(17)13-6-5-12(15)9-11(13)2/h5-6,9,14,17H,4,7-8,10H2,1-3H3. The Morgan fingerprint density at radius 2 is 2.17 bits per heavy atom. The first-order valence-corrected chi connectivity index (χ1v) is 6.25. The van der Waals surface area contributed by atoms with Gasteiger partial charge in [0.25, 0.3) is 0 Å². The highest BCUT2D eigenvalue weighted by Crippen LogP contribution is 2.19. The molecule has 0 aliphatic heterocycles. The van der Waals surface area contributed by atoms with Gasteiger partial charge in [-0.05, 0) is 44.2 Å². The topological polar surface area (TPSA) is 32.7 Å². The van der Waals surface area contributed by atoms with Gasteiger partial charge in [-0.3, -0.25) is 0 Å². The van der Waals surface area contributed by atoms with E-state index in [-0.39, 0.29) is 5.82 Å². The van der Waals surface area contributed by atoms with Crippen molar-refractivity contribution < 1.29 is 14.2 Å². The normalized spacial score (nSPS) is 13.0. The SMILES string of the molecule is CCOCCN(C)CC(O)c1ccc(F)cc1C. The minimum absolute atomic E-state index is 0.270. The number of ether oxygens (including phenoxy) is 1. The molecule has 0 fully saturated rings. The van der Waals surface area contributed by atoms with Crippen molar-refractivity contribution in [2.24, 2.45) is 0 Å². The quantitative estimate of drug-likeness (QED) is 0.758. The van der Waals surface area contributed by atoms with Crippen LogP contribution in [-0.4, -0.2) is 43.4 Å². The Kier molecular flexibility index (Phi) is 6.25. The average Bonchev–Trinajstić information content (AvgIpc) is 2.28. The maximum atomic E-state index is 13.0. The fourth-order valence-electron chi connectivity index (χ4n) is 1.86. The van der Waals surface area contributed by atoms with Crippen LogP contribution in [0.15, 0.2) is 18.2 Å². The van der Waals surface area contributed by atoms with Crippen LogP contribution in [0.4, 0.5) is 4.39 Å². The van der Waals surface area contributed by atoms with E-state index in [1.54, 1.807) is 6.07 Å². The molecule has 4 heteroatoms. The van der Waals surface area contributed by atoms with Crippen molar-refractivity contribution in [1.29, 1.82) is 0 Å². The van der Waals surface area contributed by atoms with Crippen molar-refractivity contribution in [1.82, 2.24) is 4.90 Å². The molecule has 1 aromatic carbocycles. The van der Waals surface area contributed by atoms with Crippen molar-refractivity contribution in [2.45, 2.75) is 20.0 Å². The molecule has 0 amide bonds. The molecule has 1 rings (SSSR count). The molecule has 0 saturated carbocycles. The zero-order valence-electron chi connectivity index (χ0n) is 11.3. The first-order chi connectivity index (χ1) is 8.54. The summed E-state index contributed by atoms with van der Waals surface area (Å²) in [6.45, 7) is 6.40. The molecule has 0 saturated heterocycles. The Hall–Kier alpha value is -0.970. The van der Waals surface area contributed by atoms with E-state index in [1.165, 1.54) is 12.1 Å². The Balaban J connectivity index is 2.51. The summed E-state index contributed by atoms with van der Waals surface area (Å²) in [5.41, 5.74) is 1.56. The third-order valence-corrected chi connectivity index (χ3v) is 2.90. The third-order valence-electron chi connectivity index (χ3n) is 2.90. The van der Waals surface area contributed by atoms with E-state index in [0.717, 1.165) is 17.7 Å². The molecule has 1 aromatic rings. The minimum Gasteiger partial charge on any atom is -0.387 e. The van der Waals surface area contributed by atoms with Gasteiger partial charge in [0.15, 0.2) is 0 Å². The van der Waals surface area contributed by atoms with Crippen molar-refractivity contribution in [3.63, 3.8) is 0 Å². The van der Waals surface area contributed by atoms with Gasteiger partial charge in [-0.2, -0.15) is 0 Å². The van der Waals surface area contributed by atoms with Crippen LogP contribution in [0.5, 0.6) is 0 Å². The van der Waals surface area contributed by atoms with Gasteiger partial charge in [0, 0.05) is 19.7 Å². The molecule has 18 heavy (non-hydrogen) atoms. The molecule has 0 heterocycles. The van der Waals surface area contributed by atoms with Crippen LogP contribution in [0.3, 0.4) is 0 Å². The van der Waals surface area contributed by atoms with Crippen molar-refractivity contribution in [3.05, 3.63) is 35.1 Å². The molecule has 102 valence electrons. The summed E-state index contributed by atoms with van der Waals surface area (Å²) in [5.74, 6) is -0.270. The first kappa shape index (κ1) is 15.1. The number of rotatable bonds is 7. The Morgan fingerprint density at radius 3 is 2.78 bits per heavy atom. The van der Waals surface area contributed by atoms with E-state index in [9.17, 15) is 9.50 Å². The highest BCUT2D eigenvalue weighted by molar-refractivity contribution is 5.28. The molecule has 0 aliphatic rings. The van der Waals surface area contributed by atoms with Crippen LogP contribution in [0.1, 0.15) is 24.2 Å². The molecule has 3 nitrogen and oxygen atoms in total. The summed E-state index contributed by atoms with van der Waals surface area (Å²) in [6, 6.07) is 4.47. The summed E-state index contributed by atoms with van der Waals surface area (Å²) < 4.78 is 18.2. The Bertz CT molecular complexity index is 371. The van der Waals surface area contributed by atoms with E-state index >= 15 is 0 Å². The van der Waals surface area contributed by atoms with Crippen LogP contribution in [0.25, 0.3) is 0 Å². The first-order valence-electron chi connectivity index (χ1n) is 6.25. The van der Waals surface area contributed by atoms with E-state index in [2.05, 4.69) is 0 Å². The summed E-state index contributed by atoms with van der Waals surface area (Å²) in [6.07, 6.45) is -0.600. The Morgan fingerprint density at radius 1 is 1.44 bits per heavy atom. The second-order valence-electron chi connectivity index (χ2n) is 4.48. The molecule has 1 N–H and O–H groups in total. The molecule has 1 atom stereocenters. The number of aryl methyl sites for hydroxylation is 1. The lowest BCUT2D eigenvalue weighted by Crippen LogP contribution is -2.28. The van der Waals surface area contributed by atoms with E-state index in [1.807, 2.05) is 25.8 Å². The number of benzene rings is 1. The summed E-state index contributed by atoms with van der Waals surface area (Å²) in [7, 11) is 1.93. The van der Waals surface area contributed by atoms with Gasteiger partial charge in [-0.15, -0.1) is 0 Å². The number of hydrogen-bond acceptors (Lipinski definition) is 3. The van der Waals surface area contributed by atoms with Crippen molar-refractivity contribution >= 4 is 0 Å². The summed E-state index contributed by atoms with van der Waals surface area (Å²) in [5, 5.41) is 10.1. The zero-order valence-corrected chi connectivity index (χ0v) is 11.3. The van der Waals surface area contributed by atoms with Crippen LogP contribution in [0, 0.1) is 12.7 Å². The lowest BCUT2D eigenvalue weighted by atomic mass is 10.0. The molecule has 1 unspecified atom stereocenters. The van der Waals surface area contributed by atoms with E-state index < -0.39 is 6.10 Å². The monoisotopic (exact) mass is 255 g/mol. The second-order valence-corrected chi connectivity index (χ2v) is 4.48. The number of likely N-dealkylation sites (N-methyl/N-ethyl adjacent to an activating group) is 1. The number of halogens is 1. The molecular formula is C14H22FNO2. The Labute approximate surface area is 108 Å². The molecule has 0 aromatic heterocycles. The zero-order chi connectivity index (χ0) is 13.5. The van der Waals surface area contributed by atoms with E-state index in [0.29, 0.717) is 19.8 Å². The molecule has 0 radical (unpaired) electrons. The smallest absolute Gasteiger partial charge is 0.123 e. The van der Waals surface area contributed by atoms with Crippen LogP contribution in [-0.2, 0) is 4.74 Å². The van der Waals surface area contributed by atoms with Gasteiger partial charge < -0.3 is 14.7 Å². The van der Waals surface area contributed by atoms with Gasteiger partial charge in [-0.25, -0.2) is 4.39 Å². The minimum atomic E-state index is -0.600. The number of aliphatic hydroxyl groups excluding tert-OH is 1. The summed E-state index contributed by atoms with van der Waals surface area (Å²) >= 11 is 0. The average molecular weight is 255 g/mol. The lowest BCUT2D eigenvalue weighted by molar-refractivity contribution is 0.0888. The van der Waals surface area contributed by atoms with Crippen LogP contribution < -0.4 is 0 Å². The highest BCUT2D eigenvalue weighted by Gasteiger charge is 2.13.